The SMILES string of the molecule is CC(C)[C@](C)(C#N)NC(=O)[C@H](C)Sc1ccc(C(F)(F)F)cn1. The third-order valence-corrected chi connectivity index (χ3v) is 4.55. The summed E-state index contributed by atoms with van der Waals surface area (Å²) in [5.74, 6) is -0.452. The lowest BCUT2D eigenvalue weighted by Gasteiger charge is -2.28. The Kier molecular flexibility index (Phi) is 6.05. The Morgan fingerprint density at radius 3 is 2.35 bits per heavy atom. The molecule has 8 heteroatoms. The van der Waals surface area contributed by atoms with Crippen LogP contribution in [0.15, 0.2) is 23.4 Å². The molecule has 4 nitrogen and oxygen atoms in total. The number of alkyl halides is 3. The van der Waals surface area contributed by atoms with Crippen LogP contribution in [0.5, 0.6) is 0 Å². The van der Waals surface area contributed by atoms with Gasteiger partial charge in [0.15, 0.2) is 0 Å². The number of rotatable bonds is 5. The number of pyridine rings is 1. The van der Waals surface area contributed by atoms with Gasteiger partial charge in [-0.15, -0.1) is 0 Å². The highest BCUT2D eigenvalue weighted by atomic mass is 32.2. The van der Waals surface area contributed by atoms with E-state index in [0.717, 1.165) is 24.0 Å². The van der Waals surface area contributed by atoms with Gasteiger partial charge in [-0.2, -0.15) is 18.4 Å². The van der Waals surface area contributed by atoms with Gasteiger partial charge in [-0.1, -0.05) is 25.6 Å². The summed E-state index contributed by atoms with van der Waals surface area (Å²) in [5, 5.41) is 11.6. The van der Waals surface area contributed by atoms with Gasteiger partial charge >= 0.3 is 6.18 Å². The predicted molar refractivity (Wildman–Crippen MR) is 81.6 cm³/mol. The molecule has 1 amide bonds. The summed E-state index contributed by atoms with van der Waals surface area (Å²) < 4.78 is 37.4. The number of thioether (sulfide) groups is 1. The van der Waals surface area contributed by atoms with E-state index in [1.54, 1.807) is 13.8 Å². The maximum absolute atomic E-state index is 12.5. The van der Waals surface area contributed by atoms with Gasteiger partial charge in [0.2, 0.25) is 5.91 Å². The largest absolute Gasteiger partial charge is 0.417 e. The Hall–Kier alpha value is -1.75. The summed E-state index contributed by atoms with van der Waals surface area (Å²) in [5.41, 5.74) is -1.84. The zero-order valence-electron chi connectivity index (χ0n) is 13.2. The molecular weight excluding hydrogens is 327 g/mol. The maximum atomic E-state index is 12.5. The van der Waals surface area contributed by atoms with Crippen LogP contribution in [0.4, 0.5) is 13.2 Å². The summed E-state index contributed by atoms with van der Waals surface area (Å²) in [6.45, 7) is 6.87. The fourth-order valence-electron chi connectivity index (χ4n) is 1.51. The van der Waals surface area contributed by atoms with Crippen LogP contribution in [0.3, 0.4) is 0 Å². The second-order valence-corrected chi connectivity index (χ2v) is 6.96. The Labute approximate surface area is 137 Å². The number of hydrogen-bond donors (Lipinski definition) is 1. The summed E-state index contributed by atoms with van der Waals surface area (Å²) >= 11 is 1.03. The molecule has 0 aliphatic carbocycles. The van der Waals surface area contributed by atoms with Crippen LogP contribution in [0.2, 0.25) is 0 Å². The van der Waals surface area contributed by atoms with Gasteiger partial charge in [0.25, 0.3) is 0 Å². The fraction of sp³-hybridized carbons (Fsp3) is 0.533. The lowest BCUT2D eigenvalue weighted by molar-refractivity contribution is -0.137. The van der Waals surface area contributed by atoms with Crippen LogP contribution >= 0.6 is 11.8 Å². The molecule has 0 aromatic carbocycles. The second kappa shape index (κ2) is 7.21. The minimum absolute atomic E-state index is 0.0853. The third-order valence-electron chi connectivity index (χ3n) is 3.50. The predicted octanol–water partition coefficient (Wildman–Crippen LogP) is 3.64. The van der Waals surface area contributed by atoms with Crippen molar-refractivity contribution in [2.75, 3.05) is 0 Å². The maximum Gasteiger partial charge on any atom is 0.417 e. The molecule has 0 saturated heterocycles. The quantitative estimate of drug-likeness (QED) is 0.828. The first-order valence-corrected chi connectivity index (χ1v) is 7.80. The second-order valence-electron chi connectivity index (χ2n) is 5.60. The number of nitriles is 1. The van der Waals surface area contributed by atoms with Crippen LogP contribution in [-0.2, 0) is 11.0 Å². The van der Waals surface area contributed by atoms with Crippen LogP contribution in [0.25, 0.3) is 0 Å². The van der Waals surface area contributed by atoms with E-state index in [1.807, 2.05) is 13.8 Å². The molecule has 0 unspecified atom stereocenters. The number of hydrogen-bond acceptors (Lipinski definition) is 4. The van der Waals surface area contributed by atoms with Crippen molar-refractivity contribution in [2.24, 2.45) is 5.92 Å². The number of amides is 1. The number of nitrogens with one attached hydrogen (secondary N) is 1. The van der Waals surface area contributed by atoms with Crippen molar-refractivity contribution >= 4 is 17.7 Å². The summed E-state index contributed by atoms with van der Waals surface area (Å²) in [6.07, 6.45) is -3.70. The number of carbonyl (C=O) groups is 1. The van der Waals surface area contributed by atoms with E-state index in [2.05, 4.69) is 16.4 Å². The normalized spacial score (nSPS) is 15.6. The van der Waals surface area contributed by atoms with Crippen LogP contribution in [0.1, 0.15) is 33.3 Å². The molecule has 0 spiro atoms. The van der Waals surface area contributed by atoms with Gasteiger partial charge in [0.1, 0.15) is 5.54 Å². The number of halogens is 3. The minimum atomic E-state index is -4.44. The highest BCUT2D eigenvalue weighted by Gasteiger charge is 2.32. The third kappa shape index (κ3) is 5.13. The van der Waals surface area contributed by atoms with Crippen molar-refractivity contribution < 1.29 is 18.0 Å². The Balaban J connectivity index is 2.74. The van der Waals surface area contributed by atoms with Gasteiger partial charge in [0.05, 0.1) is 21.9 Å². The van der Waals surface area contributed by atoms with Gasteiger partial charge in [-0.25, -0.2) is 4.98 Å². The number of nitrogens with zero attached hydrogens (tertiary/aromatic N) is 2. The van der Waals surface area contributed by atoms with Gasteiger partial charge < -0.3 is 5.32 Å². The highest BCUT2D eigenvalue weighted by molar-refractivity contribution is 8.00. The van der Waals surface area contributed by atoms with E-state index >= 15 is 0 Å². The smallest absolute Gasteiger partial charge is 0.337 e. The molecule has 0 aliphatic heterocycles. The first-order valence-electron chi connectivity index (χ1n) is 6.93. The first-order chi connectivity index (χ1) is 10.5. The van der Waals surface area contributed by atoms with Crippen molar-refractivity contribution in [3.8, 4) is 6.07 Å². The fourth-order valence-corrected chi connectivity index (χ4v) is 2.30. The van der Waals surface area contributed by atoms with Crippen LogP contribution < -0.4 is 5.32 Å². The molecule has 1 N–H and O–H groups in total. The molecule has 0 aliphatic rings. The monoisotopic (exact) mass is 345 g/mol. The average Bonchev–Trinajstić information content (AvgIpc) is 2.46. The molecule has 0 bridgehead atoms. The van der Waals surface area contributed by atoms with E-state index in [4.69, 9.17) is 0 Å². The summed E-state index contributed by atoms with van der Waals surface area (Å²) in [7, 11) is 0. The molecule has 126 valence electrons. The highest BCUT2D eigenvalue weighted by Crippen LogP contribution is 2.30. The van der Waals surface area contributed by atoms with E-state index in [0.29, 0.717) is 5.03 Å². The molecule has 2 atom stereocenters. The number of aromatic nitrogens is 1. The molecular formula is C15H18F3N3OS. The van der Waals surface area contributed by atoms with Crippen molar-refractivity contribution in [3.63, 3.8) is 0 Å². The van der Waals surface area contributed by atoms with Gasteiger partial charge in [-0.05, 0) is 31.9 Å². The van der Waals surface area contributed by atoms with Crippen LogP contribution in [-0.4, -0.2) is 21.7 Å². The molecule has 0 saturated carbocycles. The van der Waals surface area contributed by atoms with E-state index in [1.165, 1.54) is 6.07 Å². The zero-order chi connectivity index (χ0) is 17.8. The van der Waals surface area contributed by atoms with E-state index < -0.39 is 22.5 Å². The molecule has 1 heterocycles. The molecule has 23 heavy (non-hydrogen) atoms. The average molecular weight is 345 g/mol. The van der Waals surface area contributed by atoms with Gasteiger partial charge in [0, 0.05) is 6.20 Å². The first kappa shape index (κ1) is 19.3. The van der Waals surface area contributed by atoms with Crippen molar-refractivity contribution in [1.82, 2.24) is 10.3 Å². The zero-order valence-corrected chi connectivity index (χ0v) is 14.0. The number of carbonyl (C=O) groups excluding carboxylic acids is 1. The summed E-state index contributed by atoms with van der Waals surface area (Å²) in [4.78, 5) is 15.9. The van der Waals surface area contributed by atoms with E-state index in [9.17, 15) is 23.2 Å². The summed E-state index contributed by atoms with van der Waals surface area (Å²) in [6, 6.07) is 4.22. The standard InChI is InChI=1S/C15H18F3N3OS/c1-9(2)14(4,8-19)21-13(22)10(3)23-12-6-5-11(7-20-12)15(16,17)18/h5-7,9-10H,1-4H3,(H,21,22)/t10-,14-/m0/s1. The Morgan fingerprint density at radius 1 is 1.35 bits per heavy atom. The molecule has 0 fully saturated rings. The molecule has 1 aromatic heterocycles. The minimum Gasteiger partial charge on any atom is -0.337 e. The molecule has 1 aromatic rings. The lowest BCUT2D eigenvalue weighted by atomic mass is 9.90. The van der Waals surface area contributed by atoms with E-state index in [-0.39, 0.29) is 11.8 Å². The Morgan fingerprint density at radius 2 is 1.96 bits per heavy atom. The topological polar surface area (TPSA) is 65.8 Å². The van der Waals surface area contributed by atoms with Crippen molar-refractivity contribution in [3.05, 3.63) is 23.9 Å². The molecule has 1 rings (SSSR count). The van der Waals surface area contributed by atoms with Gasteiger partial charge in [-0.3, -0.25) is 4.79 Å². The van der Waals surface area contributed by atoms with Crippen molar-refractivity contribution in [1.29, 1.82) is 5.26 Å². The Bertz CT molecular complexity index is 595. The lowest BCUT2D eigenvalue weighted by Crippen LogP contribution is -2.51. The van der Waals surface area contributed by atoms with Crippen molar-refractivity contribution in [2.45, 2.75) is 49.7 Å². The van der Waals surface area contributed by atoms with Crippen LogP contribution in [0, 0.1) is 17.2 Å². The molecule has 0 radical (unpaired) electrons.